The Hall–Kier alpha value is -14.1. The summed E-state index contributed by atoms with van der Waals surface area (Å²) in [6.07, 6.45) is 0. The lowest BCUT2D eigenvalue weighted by Crippen LogP contribution is -2.41. The van der Waals surface area contributed by atoms with Gasteiger partial charge in [-0.3, -0.25) is 0 Å². The van der Waals surface area contributed by atoms with E-state index in [0.29, 0.717) is 34.9 Å². The Morgan fingerprint density at radius 3 is 0.943 bits per heavy atom. The van der Waals surface area contributed by atoms with Crippen molar-refractivity contribution < 1.29 is 22.6 Å². The first-order chi connectivity index (χ1) is 59.7. The molecule has 14 heteroatoms. The first kappa shape index (κ1) is 75.4. The van der Waals surface area contributed by atoms with E-state index < -0.39 is 0 Å². The Morgan fingerprint density at radius 1 is 0.221 bits per heavy atom. The summed E-state index contributed by atoms with van der Waals surface area (Å²) in [6.45, 7) is 8.25. The summed E-state index contributed by atoms with van der Waals surface area (Å²) in [7, 11) is -0.359. The first-order valence-electron chi connectivity index (χ1n) is 40.6. The Morgan fingerprint density at radius 2 is 0.516 bits per heavy atom. The molecule has 1 aliphatic heterocycles. The predicted octanol–water partition coefficient (Wildman–Crippen LogP) is 29.2. The van der Waals surface area contributed by atoms with Crippen LogP contribution < -0.4 is 5.46 Å². The lowest BCUT2D eigenvalue weighted by Gasteiger charge is -2.32. The van der Waals surface area contributed by atoms with Crippen LogP contribution in [0.15, 0.2) is 392 Å². The Labute approximate surface area is 719 Å². The summed E-state index contributed by atoms with van der Waals surface area (Å²) in [5, 5.41) is 20.6. The van der Waals surface area contributed by atoms with Crippen molar-refractivity contribution in [1.29, 1.82) is 0 Å². The van der Waals surface area contributed by atoms with E-state index in [0.717, 1.165) is 157 Å². The number of hydrogen-bond acceptors (Lipinski definition) is 11. The van der Waals surface area contributed by atoms with Crippen molar-refractivity contribution in [1.82, 2.24) is 29.9 Å². The fourth-order valence-corrected chi connectivity index (χ4v) is 17.3. The molecule has 0 saturated carbocycles. The summed E-state index contributed by atoms with van der Waals surface area (Å²) >= 11 is 7.13. The molecule has 11 nitrogen and oxygen atoms in total. The molecule has 24 rings (SSSR count). The summed E-state index contributed by atoms with van der Waals surface area (Å²) in [5.74, 6) is 3.89. The second-order valence-corrected chi connectivity index (χ2v) is 33.5. The molecule has 6 heterocycles. The van der Waals surface area contributed by atoms with Crippen molar-refractivity contribution in [3.63, 3.8) is 0 Å². The van der Waals surface area contributed by atoms with E-state index in [2.05, 4.69) is 351 Å². The third kappa shape index (κ3) is 14.4. The van der Waals surface area contributed by atoms with E-state index in [1.54, 1.807) is 0 Å². The number of fused-ring (bicyclic) bond motifs is 15. The highest BCUT2D eigenvalue weighted by Crippen LogP contribution is 2.43. The molecular formula is C108H73BBr2N6O5. The lowest BCUT2D eigenvalue weighted by molar-refractivity contribution is 0.00578. The molecule has 1 saturated heterocycles. The zero-order chi connectivity index (χ0) is 82.2. The molecule has 0 amide bonds. The largest absolute Gasteiger partial charge is 0.494 e. The molecule has 582 valence electrons. The van der Waals surface area contributed by atoms with Crippen molar-refractivity contribution >= 4 is 175 Å². The van der Waals surface area contributed by atoms with Gasteiger partial charge in [0.15, 0.2) is 34.9 Å². The van der Waals surface area contributed by atoms with Crippen LogP contribution in [0.4, 0.5) is 0 Å². The minimum Gasteiger partial charge on any atom is -0.456 e. The van der Waals surface area contributed by atoms with Crippen molar-refractivity contribution in [2.45, 2.75) is 38.9 Å². The maximum atomic E-state index is 6.26. The summed E-state index contributed by atoms with van der Waals surface area (Å²) in [5.41, 5.74) is 13.7. The van der Waals surface area contributed by atoms with Crippen LogP contribution in [0.2, 0.25) is 0 Å². The van der Waals surface area contributed by atoms with Crippen LogP contribution in [0.1, 0.15) is 27.7 Å². The molecule has 0 N–H and O–H groups in total. The van der Waals surface area contributed by atoms with E-state index in [1.165, 1.54) is 32.3 Å². The van der Waals surface area contributed by atoms with Crippen LogP contribution >= 0.6 is 31.9 Å². The van der Waals surface area contributed by atoms with E-state index >= 15 is 0 Å². The Balaban J connectivity index is 0.000000110. The van der Waals surface area contributed by atoms with Gasteiger partial charge in [-0.1, -0.05) is 305 Å². The summed E-state index contributed by atoms with van der Waals surface area (Å²) in [4.78, 5) is 30.4. The Bertz CT molecular complexity index is 7870. The first-order valence-corrected chi connectivity index (χ1v) is 42.2. The monoisotopic (exact) mass is 1700 g/mol. The van der Waals surface area contributed by atoms with Gasteiger partial charge in [0.2, 0.25) is 0 Å². The fourth-order valence-electron chi connectivity index (χ4n) is 16.5. The molecule has 5 aromatic heterocycles. The topological polar surface area (TPSA) is 135 Å². The maximum absolute atomic E-state index is 6.26. The molecule has 122 heavy (non-hydrogen) atoms. The third-order valence-electron chi connectivity index (χ3n) is 23.5. The zero-order valence-electron chi connectivity index (χ0n) is 66.8. The number of halogens is 2. The predicted molar refractivity (Wildman–Crippen MR) is 509 cm³/mol. The minimum absolute atomic E-state index is 0.333. The molecule has 0 bridgehead atoms. The minimum atomic E-state index is -0.359. The molecule has 1 fully saturated rings. The highest BCUT2D eigenvalue weighted by atomic mass is 79.9. The van der Waals surface area contributed by atoms with Crippen LogP contribution in [-0.4, -0.2) is 48.2 Å². The highest BCUT2D eigenvalue weighted by Gasteiger charge is 2.52. The van der Waals surface area contributed by atoms with E-state index in [1.807, 2.05) is 78.9 Å². The standard InChI is InChI=1S/C45H27N3O.C33H20BrN3.C18H19BO3.C12H7BrO/c1-3-11-30-25-33(19-17-28(30)9-1)43-46-44(34-20-18-29-10-2-4-12-31(29)26-34)48-45(47-43)40-24-23-35(36-13-5-6-14-37(36)40)32-21-22-39-38-15-7-8-16-41(38)49-42(39)27-32;34-30-18-17-29(27-11-5-6-12-28(27)30)33-36-31(25-15-13-21-7-1-3-9-23(21)19-25)35-32(37-33)26-16-14-22-8-2-4-10-24(22)20-26;1-17(2)18(3,4)22-19(21-17)12-9-10-14-13-7-5-6-8-15(13)20-16(14)11-12;13-8-5-6-10-9-3-1-2-4-11(9)14-12(10)7-8/h1-27H;1-20H;5-11H,1-4H3;1-7H. The van der Waals surface area contributed by atoms with Gasteiger partial charge in [-0.15, -0.1) is 0 Å². The molecular weight excluding hydrogens is 1630 g/mol. The molecule has 1 aliphatic rings. The third-order valence-corrected chi connectivity index (χ3v) is 24.7. The Kier molecular flexibility index (Phi) is 19.3. The SMILES string of the molecule is Brc1ccc(-c2nc(-c3ccc4ccccc4c3)nc(-c3ccc4ccccc4c3)n2)c2ccccc12.Brc1ccc2c(c1)oc1ccccc12.CC1(C)OB(c2ccc3c(c2)oc2ccccc23)OC1(C)C.c1ccc2cc(-c3nc(-c4ccc5ccccc5c4)nc(-c4ccc(-c5ccc6c(c5)oc5ccccc56)c5ccccc45)n3)ccc2c1. The number of hydrogen-bond donors (Lipinski definition) is 0. The maximum Gasteiger partial charge on any atom is 0.494 e. The van der Waals surface area contributed by atoms with Gasteiger partial charge in [0, 0.05) is 74.6 Å². The zero-order valence-corrected chi connectivity index (χ0v) is 69.9. The smallest absolute Gasteiger partial charge is 0.456 e. The van der Waals surface area contributed by atoms with Crippen molar-refractivity contribution in [3.8, 4) is 79.5 Å². The number of para-hydroxylation sites is 3. The van der Waals surface area contributed by atoms with Gasteiger partial charge in [0.1, 0.15) is 33.5 Å². The number of aromatic nitrogens is 6. The average Bonchev–Trinajstić information content (AvgIpc) is 1.66. The van der Waals surface area contributed by atoms with Crippen LogP contribution in [0, 0.1) is 0 Å². The van der Waals surface area contributed by atoms with Gasteiger partial charge in [-0.25, -0.2) is 29.9 Å². The van der Waals surface area contributed by atoms with Crippen molar-refractivity contribution in [3.05, 3.63) is 379 Å². The van der Waals surface area contributed by atoms with Gasteiger partial charge >= 0.3 is 7.12 Å². The van der Waals surface area contributed by atoms with Gasteiger partial charge in [0.25, 0.3) is 0 Å². The lowest BCUT2D eigenvalue weighted by atomic mass is 9.79. The van der Waals surface area contributed by atoms with Crippen LogP contribution in [0.5, 0.6) is 0 Å². The van der Waals surface area contributed by atoms with Crippen LogP contribution in [0.3, 0.4) is 0 Å². The van der Waals surface area contributed by atoms with Gasteiger partial charge in [-0.2, -0.15) is 0 Å². The van der Waals surface area contributed by atoms with Gasteiger partial charge < -0.3 is 22.6 Å². The summed E-state index contributed by atoms with van der Waals surface area (Å²) in [6, 6.07) is 127. The van der Waals surface area contributed by atoms with Crippen LogP contribution in [-0.2, 0) is 9.31 Å². The van der Waals surface area contributed by atoms with Crippen LogP contribution in [0.25, 0.3) is 210 Å². The molecule has 23 aromatic rings. The number of furan rings is 3. The number of nitrogens with zero attached hydrogens (tertiary/aromatic N) is 6. The fraction of sp³-hybridized carbons (Fsp3) is 0.0556. The van der Waals surface area contributed by atoms with Gasteiger partial charge in [0.05, 0.1) is 11.2 Å². The average molecular weight is 1710 g/mol. The van der Waals surface area contributed by atoms with E-state index in [-0.39, 0.29) is 18.3 Å². The molecule has 0 spiro atoms. The van der Waals surface area contributed by atoms with E-state index in [4.69, 9.17) is 52.5 Å². The second-order valence-electron chi connectivity index (χ2n) is 31.7. The molecule has 0 unspecified atom stereocenters. The molecule has 0 aliphatic carbocycles. The normalized spacial score (nSPS) is 13.0. The van der Waals surface area contributed by atoms with Gasteiger partial charge in [-0.05, 0) is 206 Å². The van der Waals surface area contributed by atoms with Crippen molar-refractivity contribution in [2.75, 3.05) is 0 Å². The molecule has 18 aromatic carbocycles. The van der Waals surface area contributed by atoms with Crippen molar-refractivity contribution in [2.24, 2.45) is 0 Å². The number of benzene rings is 18. The summed E-state index contributed by atoms with van der Waals surface area (Å²) < 4.78 is 32.2. The highest BCUT2D eigenvalue weighted by molar-refractivity contribution is 9.11. The molecule has 0 radical (unpaired) electrons. The quantitative estimate of drug-likeness (QED) is 0.135. The van der Waals surface area contributed by atoms with E-state index in [9.17, 15) is 0 Å². The molecule has 0 atom stereocenters. The number of rotatable bonds is 8. The second kappa shape index (κ2) is 31.2.